The summed E-state index contributed by atoms with van der Waals surface area (Å²) < 4.78 is 19.0. The normalized spacial score (nSPS) is 12.7. The van der Waals surface area contributed by atoms with Crippen molar-refractivity contribution in [1.29, 1.82) is 0 Å². The van der Waals surface area contributed by atoms with Gasteiger partial charge >= 0.3 is 0 Å². The van der Waals surface area contributed by atoms with Crippen molar-refractivity contribution in [3.8, 4) is 5.75 Å². The molecule has 0 radical (unpaired) electrons. The molecule has 19 heavy (non-hydrogen) atoms. The highest BCUT2D eigenvalue weighted by Gasteiger charge is 2.06. The second kappa shape index (κ2) is 8.12. The van der Waals surface area contributed by atoms with Gasteiger partial charge in [-0.3, -0.25) is 0 Å². The monoisotopic (exact) mass is 269 g/mol. The molecule has 4 heteroatoms. The molecule has 0 saturated heterocycles. The van der Waals surface area contributed by atoms with Crippen LogP contribution in [0.25, 0.3) is 0 Å². The fourth-order valence-corrected chi connectivity index (χ4v) is 1.62. The largest absolute Gasteiger partial charge is 0.490 e. The van der Waals surface area contributed by atoms with Gasteiger partial charge in [-0.2, -0.15) is 0 Å². The van der Waals surface area contributed by atoms with Gasteiger partial charge in [0.2, 0.25) is 0 Å². The van der Waals surface area contributed by atoms with E-state index in [4.69, 9.17) is 9.84 Å². The van der Waals surface area contributed by atoms with Crippen molar-refractivity contribution < 1.29 is 14.2 Å². The molecule has 3 nitrogen and oxygen atoms in total. The summed E-state index contributed by atoms with van der Waals surface area (Å²) in [6, 6.07) is 4.99. The maximum absolute atomic E-state index is 13.7. The average molecular weight is 269 g/mol. The van der Waals surface area contributed by atoms with Crippen molar-refractivity contribution in [2.75, 3.05) is 13.2 Å². The number of halogens is 1. The number of aliphatic hydroxyl groups excluding tert-OH is 1. The van der Waals surface area contributed by atoms with Crippen molar-refractivity contribution in [3.05, 3.63) is 29.6 Å². The molecule has 1 aromatic rings. The quantitative estimate of drug-likeness (QED) is 0.762. The number of nitrogens with one attached hydrogen (secondary N) is 1. The van der Waals surface area contributed by atoms with Gasteiger partial charge in [0.1, 0.15) is 0 Å². The van der Waals surface area contributed by atoms with E-state index in [1.807, 2.05) is 6.07 Å². The van der Waals surface area contributed by atoms with Crippen LogP contribution >= 0.6 is 0 Å². The van der Waals surface area contributed by atoms with E-state index >= 15 is 0 Å². The number of aliphatic hydroxyl groups is 1. The smallest absolute Gasteiger partial charge is 0.165 e. The Hall–Kier alpha value is -1.13. The SMILES string of the molecule is CC(C)CNCc1ccc(OCCC(C)O)c(F)c1. The lowest BCUT2D eigenvalue weighted by Gasteiger charge is -2.11. The van der Waals surface area contributed by atoms with Gasteiger partial charge in [0.05, 0.1) is 12.7 Å². The first kappa shape index (κ1) is 15.9. The Labute approximate surface area is 114 Å². The van der Waals surface area contributed by atoms with E-state index in [0.29, 0.717) is 25.5 Å². The molecule has 0 aromatic heterocycles. The summed E-state index contributed by atoms with van der Waals surface area (Å²) in [6.45, 7) is 7.83. The Morgan fingerprint density at radius 2 is 2.05 bits per heavy atom. The molecule has 0 heterocycles. The maximum atomic E-state index is 13.7. The van der Waals surface area contributed by atoms with E-state index in [1.165, 1.54) is 6.07 Å². The Kier molecular flexibility index (Phi) is 6.81. The summed E-state index contributed by atoms with van der Waals surface area (Å²) >= 11 is 0. The molecule has 0 aliphatic heterocycles. The van der Waals surface area contributed by atoms with Crippen LogP contribution in [0.15, 0.2) is 18.2 Å². The fraction of sp³-hybridized carbons (Fsp3) is 0.600. The van der Waals surface area contributed by atoms with Crippen LogP contribution < -0.4 is 10.1 Å². The Morgan fingerprint density at radius 3 is 2.63 bits per heavy atom. The van der Waals surface area contributed by atoms with E-state index in [-0.39, 0.29) is 11.6 Å². The number of hydrogen-bond acceptors (Lipinski definition) is 3. The summed E-state index contributed by atoms with van der Waals surface area (Å²) in [5, 5.41) is 12.4. The first-order valence-corrected chi connectivity index (χ1v) is 6.79. The zero-order chi connectivity index (χ0) is 14.3. The fourth-order valence-electron chi connectivity index (χ4n) is 1.62. The van der Waals surface area contributed by atoms with Gasteiger partial charge in [0.25, 0.3) is 0 Å². The van der Waals surface area contributed by atoms with Crippen LogP contribution in [-0.2, 0) is 6.54 Å². The van der Waals surface area contributed by atoms with Crippen molar-refractivity contribution in [3.63, 3.8) is 0 Å². The van der Waals surface area contributed by atoms with E-state index < -0.39 is 6.10 Å². The van der Waals surface area contributed by atoms with Crippen molar-refractivity contribution in [2.45, 2.75) is 39.8 Å². The van der Waals surface area contributed by atoms with Crippen molar-refractivity contribution >= 4 is 0 Å². The predicted octanol–water partition coefficient (Wildman–Crippen LogP) is 2.72. The zero-order valence-electron chi connectivity index (χ0n) is 11.9. The highest BCUT2D eigenvalue weighted by Crippen LogP contribution is 2.18. The van der Waals surface area contributed by atoms with Gasteiger partial charge in [-0.1, -0.05) is 19.9 Å². The molecule has 0 spiro atoms. The number of hydrogen-bond donors (Lipinski definition) is 2. The van der Waals surface area contributed by atoms with Gasteiger partial charge in [0.15, 0.2) is 11.6 Å². The Morgan fingerprint density at radius 1 is 1.32 bits per heavy atom. The molecule has 0 aliphatic rings. The van der Waals surface area contributed by atoms with Crippen molar-refractivity contribution in [1.82, 2.24) is 5.32 Å². The molecule has 0 saturated carbocycles. The number of ether oxygens (including phenoxy) is 1. The van der Waals surface area contributed by atoms with E-state index in [1.54, 1.807) is 13.0 Å². The minimum Gasteiger partial charge on any atom is -0.490 e. The van der Waals surface area contributed by atoms with Gasteiger partial charge in [-0.05, 0) is 37.1 Å². The third-order valence-electron chi connectivity index (χ3n) is 2.67. The molecule has 0 bridgehead atoms. The van der Waals surface area contributed by atoms with Crippen molar-refractivity contribution in [2.24, 2.45) is 5.92 Å². The van der Waals surface area contributed by atoms with Gasteiger partial charge < -0.3 is 15.2 Å². The molecule has 1 rings (SSSR count). The Bertz CT molecular complexity index is 380. The van der Waals surface area contributed by atoms with E-state index in [0.717, 1.165) is 12.1 Å². The second-order valence-corrected chi connectivity index (χ2v) is 5.28. The number of benzene rings is 1. The summed E-state index contributed by atoms with van der Waals surface area (Å²) in [5.41, 5.74) is 0.904. The van der Waals surface area contributed by atoms with Gasteiger partial charge in [0, 0.05) is 13.0 Å². The molecule has 0 amide bonds. The summed E-state index contributed by atoms with van der Waals surface area (Å²) in [7, 11) is 0. The van der Waals surface area contributed by atoms with Crippen LogP contribution in [0.5, 0.6) is 5.75 Å². The van der Waals surface area contributed by atoms with E-state index in [9.17, 15) is 4.39 Å². The molecule has 0 fully saturated rings. The van der Waals surface area contributed by atoms with Crippen LogP contribution in [0.1, 0.15) is 32.8 Å². The third-order valence-corrected chi connectivity index (χ3v) is 2.67. The molecular formula is C15H24FNO2. The minimum absolute atomic E-state index is 0.244. The first-order valence-electron chi connectivity index (χ1n) is 6.79. The topological polar surface area (TPSA) is 41.5 Å². The highest BCUT2D eigenvalue weighted by molar-refractivity contribution is 5.29. The van der Waals surface area contributed by atoms with Crippen LogP contribution in [0.4, 0.5) is 4.39 Å². The van der Waals surface area contributed by atoms with Crippen LogP contribution in [0.3, 0.4) is 0 Å². The standard InChI is InChI=1S/C15H24FNO2/c1-11(2)9-17-10-13-4-5-15(14(16)8-13)19-7-6-12(3)18/h4-5,8,11-12,17-18H,6-7,9-10H2,1-3H3. The zero-order valence-corrected chi connectivity index (χ0v) is 11.9. The third kappa shape index (κ3) is 6.55. The summed E-state index contributed by atoms with van der Waals surface area (Å²) in [5.74, 6) is 0.468. The van der Waals surface area contributed by atoms with Crippen LogP contribution in [-0.4, -0.2) is 24.4 Å². The second-order valence-electron chi connectivity index (χ2n) is 5.28. The highest BCUT2D eigenvalue weighted by atomic mass is 19.1. The molecule has 1 atom stereocenters. The molecule has 1 unspecified atom stereocenters. The minimum atomic E-state index is -0.428. The average Bonchev–Trinajstić information content (AvgIpc) is 2.31. The summed E-state index contributed by atoms with van der Waals surface area (Å²) in [4.78, 5) is 0. The lowest BCUT2D eigenvalue weighted by Crippen LogP contribution is -2.19. The molecule has 108 valence electrons. The Balaban J connectivity index is 2.45. The number of rotatable bonds is 8. The first-order chi connectivity index (χ1) is 8.99. The molecule has 2 N–H and O–H groups in total. The molecule has 0 aliphatic carbocycles. The lowest BCUT2D eigenvalue weighted by atomic mass is 10.2. The van der Waals surface area contributed by atoms with Gasteiger partial charge in [-0.25, -0.2) is 4.39 Å². The summed E-state index contributed by atoms with van der Waals surface area (Å²) in [6.07, 6.45) is 0.0690. The van der Waals surface area contributed by atoms with Crippen LogP contribution in [0.2, 0.25) is 0 Å². The van der Waals surface area contributed by atoms with E-state index in [2.05, 4.69) is 19.2 Å². The maximum Gasteiger partial charge on any atom is 0.165 e. The predicted molar refractivity (Wildman–Crippen MR) is 74.7 cm³/mol. The molecule has 1 aromatic carbocycles. The van der Waals surface area contributed by atoms with Gasteiger partial charge in [-0.15, -0.1) is 0 Å². The lowest BCUT2D eigenvalue weighted by molar-refractivity contribution is 0.154. The molecular weight excluding hydrogens is 245 g/mol. The van der Waals surface area contributed by atoms with Crippen LogP contribution in [0, 0.1) is 11.7 Å².